The Morgan fingerprint density at radius 3 is 2.26 bits per heavy atom. The molecule has 0 aliphatic heterocycles. The van der Waals surface area contributed by atoms with Crippen molar-refractivity contribution in [1.82, 2.24) is 15.3 Å². The number of thioether (sulfide) groups is 1. The number of ether oxygens (including phenoxy) is 1. The van der Waals surface area contributed by atoms with Crippen LogP contribution in [0.25, 0.3) is 0 Å². The van der Waals surface area contributed by atoms with Gasteiger partial charge in [-0.2, -0.15) is 0 Å². The van der Waals surface area contributed by atoms with Gasteiger partial charge in [0.1, 0.15) is 11.6 Å². The number of carbonyl (C=O) groups excluding carboxylic acids is 3. The number of esters is 1. The largest absolute Gasteiger partial charge is 0.462 e. The molecule has 0 aliphatic rings. The van der Waals surface area contributed by atoms with Gasteiger partial charge in [-0.05, 0) is 37.7 Å². The van der Waals surface area contributed by atoms with E-state index < -0.39 is 5.97 Å². The van der Waals surface area contributed by atoms with Crippen LogP contribution in [-0.2, 0) is 16.0 Å². The summed E-state index contributed by atoms with van der Waals surface area (Å²) in [5, 5.41) is 2.63. The van der Waals surface area contributed by atoms with Crippen LogP contribution < -0.4 is 11.1 Å². The fourth-order valence-corrected chi connectivity index (χ4v) is 3.97. The molecular formula is C26H26N4O4S. The first-order valence-electron chi connectivity index (χ1n) is 10.9. The highest BCUT2D eigenvalue weighted by atomic mass is 32.2. The number of benzene rings is 2. The summed E-state index contributed by atoms with van der Waals surface area (Å²) in [6.45, 7) is 3.46. The van der Waals surface area contributed by atoms with Gasteiger partial charge in [0, 0.05) is 34.3 Å². The summed E-state index contributed by atoms with van der Waals surface area (Å²) < 4.78 is 5.38. The van der Waals surface area contributed by atoms with E-state index in [1.807, 2.05) is 12.1 Å². The van der Waals surface area contributed by atoms with Crippen LogP contribution in [-0.4, -0.2) is 33.6 Å². The molecule has 1 aromatic heterocycles. The lowest BCUT2D eigenvalue weighted by Crippen LogP contribution is -2.25. The Labute approximate surface area is 208 Å². The molecule has 0 fully saturated rings. The van der Waals surface area contributed by atoms with Gasteiger partial charge in [-0.3, -0.25) is 9.59 Å². The number of aromatic nitrogens is 2. The summed E-state index contributed by atoms with van der Waals surface area (Å²) in [4.78, 5) is 46.5. The Morgan fingerprint density at radius 2 is 1.63 bits per heavy atom. The third-order valence-electron chi connectivity index (χ3n) is 4.91. The fraction of sp³-hybridized carbons (Fsp3) is 0.192. The molecule has 0 bridgehead atoms. The van der Waals surface area contributed by atoms with Crippen LogP contribution >= 0.6 is 11.8 Å². The highest BCUT2D eigenvalue weighted by Crippen LogP contribution is 2.27. The van der Waals surface area contributed by atoms with Crippen molar-refractivity contribution in [1.29, 1.82) is 0 Å². The Hall–Kier alpha value is -3.98. The summed E-state index contributed by atoms with van der Waals surface area (Å²) in [6, 6.07) is 17.5. The monoisotopic (exact) mass is 490 g/mol. The molecule has 0 spiro atoms. The molecule has 3 N–H and O–H groups in total. The molecule has 1 heterocycles. The number of nitrogen functional groups attached to an aromatic ring is 1. The second kappa shape index (κ2) is 12.5. The van der Waals surface area contributed by atoms with E-state index in [1.165, 1.54) is 6.20 Å². The summed E-state index contributed by atoms with van der Waals surface area (Å²) in [5.41, 5.74) is 7.86. The molecule has 2 aromatic carbocycles. The van der Waals surface area contributed by atoms with Gasteiger partial charge in [0.2, 0.25) is 11.0 Å². The minimum atomic E-state index is -0.458. The van der Waals surface area contributed by atoms with E-state index in [0.29, 0.717) is 33.1 Å². The molecule has 0 aliphatic carbocycles. The molecule has 0 atom stereocenters. The summed E-state index contributed by atoms with van der Waals surface area (Å²) in [7, 11) is 0. The van der Waals surface area contributed by atoms with E-state index in [1.54, 1.807) is 62.4 Å². The third-order valence-corrected chi connectivity index (χ3v) is 6.09. The first-order chi connectivity index (χ1) is 16.8. The molecule has 35 heavy (non-hydrogen) atoms. The van der Waals surface area contributed by atoms with Crippen molar-refractivity contribution in [3.05, 3.63) is 100.0 Å². The molecule has 8 nitrogen and oxygen atoms in total. The van der Waals surface area contributed by atoms with Crippen molar-refractivity contribution in [2.45, 2.75) is 26.7 Å². The van der Waals surface area contributed by atoms with Gasteiger partial charge in [0.15, 0.2) is 0 Å². The number of aryl methyl sites for hydroxylation is 1. The van der Waals surface area contributed by atoms with E-state index >= 15 is 0 Å². The zero-order chi connectivity index (χ0) is 25.2. The van der Waals surface area contributed by atoms with E-state index in [4.69, 9.17) is 10.5 Å². The minimum Gasteiger partial charge on any atom is -0.462 e. The summed E-state index contributed by atoms with van der Waals surface area (Å²) >= 11 is 0.992. The third kappa shape index (κ3) is 7.79. The molecule has 0 unspecified atom stereocenters. The zero-order valence-electron chi connectivity index (χ0n) is 19.5. The highest BCUT2D eigenvalue weighted by molar-refractivity contribution is 8.17. The number of nitrogens with zero attached hydrogens (tertiary/aromatic N) is 2. The van der Waals surface area contributed by atoms with Gasteiger partial charge in [0.25, 0.3) is 0 Å². The number of nitrogens with one attached hydrogen (secondary N) is 1. The van der Waals surface area contributed by atoms with Crippen molar-refractivity contribution in [3.63, 3.8) is 0 Å². The zero-order valence-corrected chi connectivity index (χ0v) is 20.3. The van der Waals surface area contributed by atoms with Crippen molar-refractivity contribution in [2.24, 2.45) is 0 Å². The van der Waals surface area contributed by atoms with E-state index in [2.05, 4.69) is 15.3 Å². The van der Waals surface area contributed by atoms with Crippen LogP contribution in [0, 0.1) is 6.92 Å². The van der Waals surface area contributed by atoms with Crippen LogP contribution in [0.5, 0.6) is 0 Å². The van der Waals surface area contributed by atoms with Crippen molar-refractivity contribution in [2.75, 3.05) is 12.3 Å². The maximum atomic E-state index is 12.8. The van der Waals surface area contributed by atoms with Crippen molar-refractivity contribution >= 4 is 34.6 Å². The lowest BCUT2D eigenvalue weighted by atomic mass is 10.2. The lowest BCUT2D eigenvalue weighted by Gasteiger charge is -2.14. The van der Waals surface area contributed by atoms with E-state index in [0.717, 1.165) is 11.8 Å². The first kappa shape index (κ1) is 25.6. The number of allylic oxidation sites excluding steroid dienone is 1. The summed E-state index contributed by atoms with van der Waals surface area (Å²) in [5.74, 6) is -0.0177. The number of carbonyl (C=O) groups is 3. The molecule has 180 valence electrons. The molecule has 3 aromatic rings. The predicted molar refractivity (Wildman–Crippen MR) is 135 cm³/mol. The summed E-state index contributed by atoms with van der Waals surface area (Å²) in [6.07, 6.45) is 1.76. The van der Waals surface area contributed by atoms with Crippen LogP contribution in [0.1, 0.15) is 45.4 Å². The predicted octanol–water partition coefficient (Wildman–Crippen LogP) is 4.08. The Morgan fingerprint density at radius 1 is 1.00 bits per heavy atom. The Kier molecular flexibility index (Phi) is 9.14. The molecule has 0 saturated heterocycles. The lowest BCUT2D eigenvalue weighted by molar-refractivity contribution is -0.119. The van der Waals surface area contributed by atoms with Gasteiger partial charge >= 0.3 is 5.97 Å². The second-order valence-electron chi connectivity index (χ2n) is 7.61. The van der Waals surface area contributed by atoms with E-state index in [-0.39, 0.29) is 36.3 Å². The number of hydrogen-bond donors (Lipinski definition) is 2. The first-order valence-corrected chi connectivity index (χ1v) is 11.7. The molecule has 9 heteroatoms. The van der Waals surface area contributed by atoms with Crippen LogP contribution in [0.3, 0.4) is 0 Å². The van der Waals surface area contributed by atoms with Gasteiger partial charge in [-0.15, -0.1) is 0 Å². The van der Waals surface area contributed by atoms with Crippen LogP contribution in [0.15, 0.2) is 77.5 Å². The fourth-order valence-electron chi connectivity index (χ4n) is 3.10. The topological polar surface area (TPSA) is 124 Å². The Balaban J connectivity index is 1.71. The van der Waals surface area contributed by atoms with Gasteiger partial charge in [-0.1, -0.05) is 48.5 Å². The average molecular weight is 491 g/mol. The highest BCUT2D eigenvalue weighted by Gasteiger charge is 2.16. The second-order valence-corrected chi connectivity index (χ2v) is 8.68. The van der Waals surface area contributed by atoms with E-state index in [9.17, 15) is 14.4 Å². The van der Waals surface area contributed by atoms with Gasteiger partial charge in [0.05, 0.1) is 18.6 Å². The van der Waals surface area contributed by atoms with Crippen LogP contribution in [0.2, 0.25) is 0 Å². The average Bonchev–Trinajstić information content (AvgIpc) is 2.86. The van der Waals surface area contributed by atoms with Crippen LogP contribution in [0.4, 0.5) is 5.82 Å². The number of nitrogens with two attached hydrogens (primary N) is 1. The number of amides is 1. The van der Waals surface area contributed by atoms with Gasteiger partial charge < -0.3 is 15.8 Å². The standard InChI is InChI=1S/C26H26N4O4S/c1-17(29-23(31)15-21-16-28-18(2)30-24(21)27)22(35-26(33)20-11-7-4-8-12-20)13-14-34-25(32)19-9-5-3-6-10-19/h3-12,16H,13-15H2,1-2H3,(H,29,31)(H2,27,28,30). The van der Waals surface area contributed by atoms with Crippen molar-refractivity contribution in [3.8, 4) is 0 Å². The number of rotatable bonds is 9. The van der Waals surface area contributed by atoms with Gasteiger partial charge in [-0.25, -0.2) is 14.8 Å². The smallest absolute Gasteiger partial charge is 0.338 e. The quantitative estimate of drug-likeness (QED) is 0.430. The molecule has 1 amide bonds. The maximum absolute atomic E-state index is 12.8. The molecule has 3 rings (SSSR count). The van der Waals surface area contributed by atoms with Crippen molar-refractivity contribution < 1.29 is 19.1 Å². The SMILES string of the molecule is CC(NC(=O)Cc1cnc(C)nc1N)=C(CCOC(=O)c1ccccc1)SC(=O)c1ccccc1. The number of hydrogen-bond acceptors (Lipinski definition) is 8. The molecule has 0 saturated carbocycles. The maximum Gasteiger partial charge on any atom is 0.338 e. The molecular weight excluding hydrogens is 464 g/mol. The minimum absolute atomic E-state index is 0.0168. The number of anilines is 1. The molecule has 0 radical (unpaired) electrons. The normalized spacial score (nSPS) is 11.4. The Bertz CT molecular complexity index is 1230.